The van der Waals surface area contributed by atoms with Gasteiger partial charge in [-0.1, -0.05) is 0 Å². The summed E-state index contributed by atoms with van der Waals surface area (Å²) in [4.78, 5) is 0. The first kappa shape index (κ1) is 19.3. The van der Waals surface area contributed by atoms with Gasteiger partial charge in [0.2, 0.25) is 0 Å². The Labute approximate surface area is 121 Å². The molecule has 0 aromatic carbocycles. The summed E-state index contributed by atoms with van der Waals surface area (Å²) in [5.74, 6) is 0. The van der Waals surface area contributed by atoms with Gasteiger partial charge in [0.1, 0.15) is 0 Å². The summed E-state index contributed by atoms with van der Waals surface area (Å²) in [6.45, 7) is 18.2. The molecule has 0 spiro atoms. The first-order valence-electron chi connectivity index (χ1n) is 7.22. The lowest BCUT2D eigenvalue weighted by atomic mass is 10.3. The maximum atomic E-state index is 6.06. The van der Waals surface area contributed by atoms with Crippen LogP contribution in [0.3, 0.4) is 0 Å². The molecular weight excluding hydrogens is 259 g/mol. The van der Waals surface area contributed by atoms with Crippen molar-refractivity contribution in [1.29, 1.82) is 0 Å². The zero-order chi connectivity index (χ0) is 15.2. The van der Waals surface area contributed by atoms with Crippen LogP contribution in [0.2, 0.25) is 0 Å². The van der Waals surface area contributed by atoms with Gasteiger partial charge in [-0.05, 0) is 55.4 Å². The van der Waals surface area contributed by atoms with Crippen LogP contribution in [0.1, 0.15) is 55.4 Å². The van der Waals surface area contributed by atoms with E-state index in [0.717, 1.165) is 0 Å². The van der Waals surface area contributed by atoms with Crippen molar-refractivity contribution in [2.75, 3.05) is 13.9 Å². The van der Waals surface area contributed by atoms with Gasteiger partial charge in [-0.25, -0.2) is 9.34 Å². The van der Waals surface area contributed by atoms with Gasteiger partial charge in [0.25, 0.3) is 0 Å². The van der Waals surface area contributed by atoms with Gasteiger partial charge in [0, 0.05) is 31.3 Å². The number of hydrogen-bond acceptors (Lipinski definition) is 4. The van der Waals surface area contributed by atoms with Crippen LogP contribution in [0, 0.1) is 0 Å². The van der Waals surface area contributed by atoms with Crippen molar-refractivity contribution in [3.63, 3.8) is 0 Å². The summed E-state index contributed by atoms with van der Waals surface area (Å²) >= 11 is 0. The SMILES string of the molecule is COCOP(N(C(C)C)C(C)C)N(C(C)C)C(C)C. The molecule has 5 heteroatoms. The van der Waals surface area contributed by atoms with E-state index in [2.05, 4.69) is 64.7 Å². The van der Waals surface area contributed by atoms with Crippen LogP contribution in [0.5, 0.6) is 0 Å². The van der Waals surface area contributed by atoms with E-state index in [1.54, 1.807) is 7.11 Å². The Morgan fingerprint density at radius 3 is 1.26 bits per heavy atom. The molecule has 0 aromatic rings. The number of methoxy groups -OCH3 is 1. The van der Waals surface area contributed by atoms with Gasteiger partial charge >= 0.3 is 0 Å². The molecule has 0 aliphatic carbocycles. The number of ether oxygens (including phenoxy) is 1. The quantitative estimate of drug-likeness (QED) is 0.472. The van der Waals surface area contributed by atoms with Crippen molar-refractivity contribution in [1.82, 2.24) is 9.34 Å². The predicted molar refractivity (Wildman–Crippen MR) is 84.1 cm³/mol. The second kappa shape index (κ2) is 9.25. The minimum atomic E-state index is -0.810. The fourth-order valence-electron chi connectivity index (χ4n) is 2.34. The van der Waals surface area contributed by atoms with Gasteiger partial charge < -0.3 is 9.26 Å². The highest BCUT2D eigenvalue weighted by molar-refractivity contribution is 7.47. The van der Waals surface area contributed by atoms with Crippen LogP contribution >= 0.6 is 8.45 Å². The Morgan fingerprint density at radius 2 is 1.05 bits per heavy atom. The van der Waals surface area contributed by atoms with Gasteiger partial charge in [0.15, 0.2) is 15.2 Å². The highest BCUT2D eigenvalue weighted by Gasteiger charge is 2.34. The number of nitrogens with zero attached hydrogens (tertiary/aromatic N) is 2. The molecule has 0 saturated heterocycles. The first-order valence-corrected chi connectivity index (χ1v) is 8.38. The summed E-state index contributed by atoms with van der Waals surface area (Å²) < 4.78 is 16.1. The Balaban J connectivity index is 5.24. The van der Waals surface area contributed by atoms with Crippen molar-refractivity contribution < 1.29 is 9.26 Å². The van der Waals surface area contributed by atoms with E-state index < -0.39 is 8.45 Å². The van der Waals surface area contributed by atoms with Crippen molar-refractivity contribution in [2.24, 2.45) is 0 Å². The molecular formula is C14H33N2O2P. The highest BCUT2D eigenvalue weighted by atomic mass is 31.2. The second-order valence-corrected chi connectivity index (χ2v) is 7.61. The van der Waals surface area contributed by atoms with Crippen LogP contribution in [-0.2, 0) is 9.26 Å². The molecule has 0 radical (unpaired) electrons. The van der Waals surface area contributed by atoms with Gasteiger partial charge in [-0.2, -0.15) is 0 Å². The molecule has 0 N–H and O–H groups in total. The van der Waals surface area contributed by atoms with E-state index in [-0.39, 0.29) is 0 Å². The van der Waals surface area contributed by atoms with Crippen molar-refractivity contribution in [3.05, 3.63) is 0 Å². The monoisotopic (exact) mass is 292 g/mol. The van der Waals surface area contributed by atoms with E-state index in [9.17, 15) is 0 Å². The standard InChI is InChI=1S/C14H33N2O2P/c1-11(2)15(12(3)4)19(18-10-17-9)16(13(5)6)14(7)8/h11-14H,10H2,1-9H3. The Bertz CT molecular complexity index is 199. The summed E-state index contributed by atoms with van der Waals surface area (Å²) in [7, 11) is 0.869. The van der Waals surface area contributed by atoms with Crippen LogP contribution in [-0.4, -0.2) is 47.4 Å². The molecule has 0 aromatic heterocycles. The van der Waals surface area contributed by atoms with Crippen LogP contribution < -0.4 is 0 Å². The maximum Gasteiger partial charge on any atom is 0.191 e. The Morgan fingerprint density at radius 1 is 0.737 bits per heavy atom. The van der Waals surface area contributed by atoms with E-state index >= 15 is 0 Å². The van der Waals surface area contributed by atoms with Crippen molar-refractivity contribution in [2.45, 2.75) is 79.6 Å². The molecule has 0 rings (SSSR count). The van der Waals surface area contributed by atoms with E-state index in [1.807, 2.05) is 0 Å². The zero-order valence-electron chi connectivity index (χ0n) is 14.2. The summed E-state index contributed by atoms with van der Waals surface area (Å²) in [6, 6.07) is 1.79. The molecule has 0 fully saturated rings. The topological polar surface area (TPSA) is 24.9 Å². The zero-order valence-corrected chi connectivity index (χ0v) is 15.1. The van der Waals surface area contributed by atoms with Crippen molar-refractivity contribution >= 4 is 8.45 Å². The van der Waals surface area contributed by atoms with E-state index in [4.69, 9.17) is 9.26 Å². The molecule has 0 unspecified atom stereocenters. The molecule has 0 amide bonds. The average Bonchev–Trinajstić information content (AvgIpc) is 2.23. The largest absolute Gasteiger partial charge is 0.358 e. The third-order valence-corrected chi connectivity index (χ3v) is 5.77. The maximum absolute atomic E-state index is 6.06. The third kappa shape index (κ3) is 6.05. The lowest BCUT2D eigenvalue weighted by Crippen LogP contribution is -2.43. The average molecular weight is 292 g/mol. The van der Waals surface area contributed by atoms with Crippen LogP contribution in [0.15, 0.2) is 0 Å². The smallest absolute Gasteiger partial charge is 0.191 e. The molecule has 0 aliphatic heterocycles. The van der Waals surface area contributed by atoms with Gasteiger partial charge in [0.05, 0.1) is 0 Å². The Hall–Kier alpha value is 0.270. The molecule has 0 bridgehead atoms. The fraction of sp³-hybridized carbons (Fsp3) is 1.00. The normalized spacial score (nSPS) is 13.3. The highest BCUT2D eigenvalue weighted by Crippen LogP contribution is 2.50. The predicted octanol–water partition coefficient (Wildman–Crippen LogP) is 4.07. The number of hydrogen-bond donors (Lipinski definition) is 0. The first-order chi connectivity index (χ1) is 8.73. The molecule has 116 valence electrons. The molecule has 0 atom stereocenters. The Kier molecular flexibility index (Phi) is 9.38. The van der Waals surface area contributed by atoms with Crippen LogP contribution in [0.25, 0.3) is 0 Å². The molecule has 0 aliphatic rings. The van der Waals surface area contributed by atoms with Crippen LogP contribution in [0.4, 0.5) is 0 Å². The van der Waals surface area contributed by atoms with E-state index in [1.165, 1.54) is 0 Å². The minimum Gasteiger partial charge on any atom is -0.358 e. The lowest BCUT2D eigenvalue weighted by Gasteiger charge is -2.45. The number of rotatable bonds is 9. The summed E-state index contributed by atoms with van der Waals surface area (Å²) in [5.41, 5.74) is 0. The fourth-order valence-corrected chi connectivity index (χ4v) is 4.62. The third-order valence-electron chi connectivity index (χ3n) is 2.80. The molecule has 0 heterocycles. The van der Waals surface area contributed by atoms with E-state index in [0.29, 0.717) is 31.0 Å². The molecule has 0 saturated carbocycles. The van der Waals surface area contributed by atoms with Gasteiger partial charge in [-0.15, -0.1) is 0 Å². The van der Waals surface area contributed by atoms with Gasteiger partial charge in [-0.3, -0.25) is 0 Å². The molecule has 19 heavy (non-hydrogen) atoms. The molecule has 4 nitrogen and oxygen atoms in total. The summed E-state index contributed by atoms with van der Waals surface area (Å²) in [6.07, 6.45) is 0. The lowest BCUT2D eigenvalue weighted by molar-refractivity contribution is 0.0395. The van der Waals surface area contributed by atoms with Crippen molar-refractivity contribution in [3.8, 4) is 0 Å². The second-order valence-electron chi connectivity index (χ2n) is 5.92. The minimum absolute atomic E-state index is 0.345. The summed E-state index contributed by atoms with van der Waals surface area (Å²) in [5, 5.41) is 0.